The first-order valence-electron chi connectivity index (χ1n) is 13.8. The van der Waals surface area contributed by atoms with Crippen molar-refractivity contribution < 1.29 is 9.59 Å². The zero-order valence-electron chi connectivity index (χ0n) is 21.8. The number of imidazole rings is 1. The van der Waals surface area contributed by atoms with Crippen LogP contribution in [0.15, 0.2) is 54.6 Å². The molecular weight excluding hydrogens is 462 g/mol. The summed E-state index contributed by atoms with van der Waals surface area (Å²) in [5.41, 5.74) is 3.48. The van der Waals surface area contributed by atoms with E-state index in [0.717, 1.165) is 42.7 Å². The molecule has 37 heavy (non-hydrogen) atoms. The first-order chi connectivity index (χ1) is 18.0. The standard InChI is InChI=1S/C30H37N5O2/c1-20-31-27-10-6-7-11-28(27)35(20)25-17-23-12-13-24(18-25)34(23)15-14-26(21-8-4-3-5-9-21)32-30(37)22-16-29(36)33(2)19-22/h3-11,22-26H,12-19H2,1-2H3,(H,32,37)/t22?,23?,24?,25?,26-/m0/s1. The zero-order valence-corrected chi connectivity index (χ0v) is 21.8. The fourth-order valence-electron chi connectivity index (χ4n) is 7.06. The number of benzene rings is 2. The van der Waals surface area contributed by atoms with Crippen LogP contribution in [-0.4, -0.2) is 63.4 Å². The average molecular weight is 500 g/mol. The summed E-state index contributed by atoms with van der Waals surface area (Å²) in [6.45, 7) is 3.61. The molecule has 3 aliphatic rings. The van der Waals surface area contributed by atoms with Crippen molar-refractivity contribution >= 4 is 22.8 Å². The number of carbonyl (C=O) groups is 2. The number of rotatable bonds is 7. The van der Waals surface area contributed by atoms with Gasteiger partial charge < -0.3 is 14.8 Å². The Morgan fingerprint density at radius 3 is 2.43 bits per heavy atom. The summed E-state index contributed by atoms with van der Waals surface area (Å²) in [6.07, 6.45) is 5.96. The van der Waals surface area contributed by atoms with E-state index in [-0.39, 0.29) is 23.8 Å². The molecule has 0 saturated carbocycles. The van der Waals surface area contributed by atoms with Gasteiger partial charge in [-0.1, -0.05) is 42.5 Å². The van der Waals surface area contributed by atoms with Crippen molar-refractivity contribution in [3.63, 3.8) is 0 Å². The highest BCUT2D eigenvalue weighted by molar-refractivity contribution is 5.89. The molecule has 7 nitrogen and oxygen atoms in total. The van der Waals surface area contributed by atoms with Crippen molar-refractivity contribution in [3.8, 4) is 0 Å². The van der Waals surface area contributed by atoms with E-state index in [4.69, 9.17) is 4.98 Å². The molecule has 0 aliphatic carbocycles. The molecule has 1 N–H and O–H groups in total. The van der Waals surface area contributed by atoms with E-state index in [1.54, 1.807) is 11.9 Å². The number of para-hydroxylation sites is 2. The van der Waals surface area contributed by atoms with Crippen LogP contribution in [0.25, 0.3) is 11.0 Å². The Balaban J connectivity index is 1.14. The monoisotopic (exact) mass is 499 g/mol. The van der Waals surface area contributed by atoms with Crippen LogP contribution in [0.3, 0.4) is 0 Å². The van der Waals surface area contributed by atoms with Gasteiger partial charge in [-0.25, -0.2) is 4.98 Å². The van der Waals surface area contributed by atoms with Crippen LogP contribution in [0, 0.1) is 12.8 Å². The molecule has 3 fully saturated rings. The number of hydrogen-bond donors (Lipinski definition) is 1. The number of hydrogen-bond acceptors (Lipinski definition) is 4. The Labute approximate surface area is 218 Å². The largest absolute Gasteiger partial charge is 0.349 e. The van der Waals surface area contributed by atoms with Gasteiger partial charge in [-0.2, -0.15) is 0 Å². The second-order valence-electron chi connectivity index (χ2n) is 11.2. The number of aryl methyl sites for hydroxylation is 1. The molecule has 3 saturated heterocycles. The molecule has 1 aromatic heterocycles. The maximum absolute atomic E-state index is 13.1. The van der Waals surface area contributed by atoms with Gasteiger partial charge in [0.2, 0.25) is 11.8 Å². The highest BCUT2D eigenvalue weighted by Crippen LogP contribution is 2.42. The van der Waals surface area contributed by atoms with Crippen molar-refractivity contribution in [1.29, 1.82) is 0 Å². The van der Waals surface area contributed by atoms with Gasteiger partial charge in [0.25, 0.3) is 0 Å². The van der Waals surface area contributed by atoms with E-state index >= 15 is 0 Å². The molecule has 3 unspecified atom stereocenters. The lowest BCUT2D eigenvalue weighted by Gasteiger charge is -2.40. The van der Waals surface area contributed by atoms with Crippen LogP contribution in [0.5, 0.6) is 0 Å². The molecule has 194 valence electrons. The van der Waals surface area contributed by atoms with Crippen molar-refractivity contribution in [2.45, 2.75) is 69.6 Å². The zero-order chi connectivity index (χ0) is 25.5. The Morgan fingerprint density at radius 2 is 1.73 bits per heavy atom. The number of nitrogens with one attached hydrogen (secondary N) is 1. The molecule has 2 aromatic carbocycles. The van der Waals surface area contributed by atoms with Crippen molar-refractivity contribution in [2.24, 2.45) is 5.92 Å². The third-order valence-corrected chi connectivity index (χ3v) is 8.90. The summed E-state index contributed by atoms with van der Waals surface area (Å²) < 4.78 is 2.48. The maximum Gasteiger partial charge on any atom is 0.225 e. The molecule has 0 radical (unpaired) electrons. The van der Waals surface area contributed by atoms with Crippen LogP contribution < -0.4 is 5.32 Å². The molecule has 6 rings (SSSR count). The lowest BCUT2D eigenvalue weighted by Crippen LogP contribution is -2.45. The number of nitrogens with zero attached hydrogens (tertiary/aromatic N) is 4. The Bertz CT molecular complexity index is 1270. The minimum atomic E-state index is -0.260. The van der Waals surface area contributed by atoms with Crippen molar-refractivity contribution in [3.05, 3.63) is 66.0 Å². The molecule has 2 amide bonds. The van der Waals surface area contributed by atoms with Crippen LogP contribution in [0.1, 0.15) is 62.0 Å². The fraction of sp³-hybridized carbons (Fsp3) is 0.500. The fourth-order valence-corrected chi connectivity index (χ4v) is 7.06. The van der Waals surface area contributed by atoms with Gasteiger partial charge in [0.1, 0.15) is 5.82 Å². The highest BCUT2D eigenvalue weighted by Gasteiger charge is 2.42. The number of carbonyl (C=O) groups excluding carboxylic acids is 2. The van der Waals surface area contributed by atoms with Crippen LogP contribution in [0.2, 0.25) is 0 Å². The molecule has 3 aliphatic heterocycles. The van der Waals surface area contributed by atoms with Crippen LogP contribution in [0.4, 0.5) is 0 Å². The Morgan fingerprint density at radius 1 is 1.03 bits per heavy atom. The normalized spacial score (nSPS) is 26.6. The van der Waals surface area contributed by atoms with Crippen molar-refractivity contribution in [1.82, 2.24) is 24.7 Å². The first kappa shape index (κ1) is 24.2. The number of fused-ring (bicyclic) bond motifs is 3. The molecule has 4 heterocycles. The summed E-state index contributed by atoms with van der Waals surface area (Å²) in [6, 6.07) is 20.4. The molecule has 7 heteroatoms. The summed E-state index contributed by atoms with van der Waals surface area (Å²) in [5.74, 6) is 0.901. The second-order valence-corrected chi connectivity index (χ2v) is 11.2. The number of piperidine rings is 1. The minimum Gasteiger partial charge on any atom is -0.349 e. The van der Waals surface area contributed by atoms with Gasteiger partial charge in [-0.15, -0.1) is 0 Å². The van der Waals surface area contributed by atoms with E-state index in [9.17, 15) is 9.59 Å². The van der Waals surface area contributed by atoms with Gasteiger partial charge in [0.15, 0.2) is 0 Å². The molecular formula is C30H37N5O2. The summed E-state index contributed by atoms with van der Waals surface area (Å²) in [7, 11) is 1.78. The Hall–Kier alpha value is -3.19. The molecule has 2 bridgehead atoms. The minimum absolute atomic E-state index is 0.00399. The second kappa shape index (κ2) is 9.93. The van der Waals surface area contributed by atoms with Crippen LogP contribution >= 0.6 is 0 Å². The molecule has 0 spiro atoms. The van der Waals surface area contributed by atoms with E-state index in [0.29, 0.717) is 31.1 Å². The Kier molecular flexibility index (Phi) is 6.49. The molecule has 3 aromatic rings. The van der Waals surface area contributed by atoms with Crippen molar-refractivity contribution in [2.75, 3.05) is 20.1 Å². The van der Waals surface area contributed by atoms with E-state index in [1.807, 2.05) is 18.2 Å². The van der Waals surface area contributed by atoms with Gasteiger partial charge in [-0.3, -0.25) is 14.5 Å². The predicted octanol–water partition coefficient (Wildman–Crippen LogP) is 4.24. The lowest BCUT2D eigenvalue weighted by atomic mass is 9.95. The van der Waals surface area contributed by atoms with E-state index in [1.165, 1.54) is 18.4 Å². The number of likely N-dealkylation sites (tertiary alicyclic amines) is 1. The maximum atomic E-state index is 13.1. The van der Waals surface area contributed by atoms with E-state index < -0.39 is 0 Å². The SMILES string of the molecule is Cc1nc2ccccc2n1C1CC2CCC(C1)N2CC[C@H](NC(=O)C1CC(=O)N(C)C1)c1ccccc1. The lowest BCUT2D eigenvalue weighted by molar-refractivity contribution is -0.128. The smallest absolute Gasteiger partial charge is 0.225 e. The third-order valence-electron chi connectivity index (χ3n) is 8.90. The van der Waals surface area contributed by atoms with Gasteiger partial charge >= 0.3 is 0 Å². The average Bonchev–Trinajstić information content (AvgIpc) is 3.50. The number of amides is 2. The summed E-state index contributed by atoms with van der Waals surface area (Å²) in [5, 5.41) is 3.31. The first-order valence-corrected chi connectivity index (χ1v) is 13.8. The van der Waals surface area contributed by atoms with Crippen LogP contribution in [-0.2, 0) is 9.59 Å². The molecule has 4 atom stereocenters. The summed E-state index contributed by atoms with van der Waals surface area (Å²) >= 11 is 0. The van der Waals surface area contributed by atoms with Gasteiger partial charge in [0, 0.05) is 44.7 Å². The predicted molar refractivity (Wildman–Crippen MR) is 144 cm³/mol. The van der Waals surface area contributed by atoms with Gasteiger partial charge in [-0.05, 0) is 56.7 Å². The highest BCUT2D eigenvalue weighted by atomic mass is 16.2. The van der Waals surface area contributed by atoms with Gasteiger partial charge in [0.05, 0.1) is 23.0 Å². The number of aromatic nitrogens is 2. The topological polar surface area (TPSA) is 70.5 Å². The van der Waals surface area contributed by atoms with E-state index in [2.05, 4.69) is 58.1 Å². The quantitative estimate of drug-likeness (QED) is 0.528. The third kappa shape index (κ3) is 4.65. The summed E-state index contributed by atoms with van der Waals surface area (Å²) in [4.78, 5) is 34.3.